The monoisotopic (exact) mass is 281 g/mol. The smallest absolute Gasteiger partial charge is 0.335 e. The highest BCUT2D eigenvalue weighted by Gasteiger charge is 2.13. The number of nitrogens with one attached hydrogen (secondary N) is 1. The Labute approximate surface area is 117 Å². The van der Waals surface area contributed by atoms with Gasteiger partial charge in [-0.2, -0.15) is 0 Å². The standard InChI is InChI=1S/C15H20FNO3/c16-13-10-11(15(18)19)6-7-14(13)17-8-9-20-12-4-2-1-3-5-12/h6-7,10,12,17H,1-5,8-9H2,(H,18,19). The topological polar surface area (TPSA) is 58.6 Å². The van der Waals surface area contributed by atoms with E-state index in [1.54, 1.807) is 0 Å². The number of ether oxygens (including phenoxy) is 1. The van der Waals surface area contributed by atoms with Crippen LogP contribution in [0.15, 0.2) is 18.2 Å². The van der Waals surface area contributed by atoms with Crippen LogP contribution in [0.2, 0.25) is 0 Å². The molecule has 1 saturated carbocycles. The third kappa shape index (κ3) is 4.20. The Kier molecular flexibility index (Phi) is 5.35. The minimum absolute atomic E-state index is 0.0495. The molecule has 1 aromatic rings. The average molecular weight is 281 g/mol. The first-order valence-electron chi connectivity index (χ1n) is 7.05. The van der Waals surface area contributed by atoms with Crippen LogP contribution >= 0.6 is 0 Å². The van der Waals surface area contributed by atoms with E-state index in [2.05, 4.69) is 5.32 Å². The van der Waals surface area contributed by atoms with Crippen molar-refractivity contribution in [1.82, 2.24) is 0 Å². The lowest BCUT2D eigenvalue weighted by Crippen LogP contribution is -2.20. The van der Waals surface area contributed by atoms with Gasteiger partial charge in [0.1, 0.15) is 5.82 Å². The third-order valence-corrected chi connectivity index (χ3v) is 3.54. The van der Waals surface area contributed by atoms with Crippen LogP contribution in [0.1, 0.15) is 42.5 Å². The Morgan fingerprint density at radius 3 is 2.75 bits per heavy atom. The van der Waals surface area contributed by atoms with E-state index in [1.165, 1.54) is 31.4 Å². The molecule has 2 N–H and O–H groups in total. The first-order chi connectivity index (χ1) is 9.66. The fourth-order valence-electron chi connectivity index (χ4n) is 2.43. The van der Waals surface area contributed by atoms with Crippen LogP contribution in [-0.4, -0.2) is 30.3 Å². The van der Waals surface area contributed by atoms with E-state index in [9.17, 15) is 9.18 Å². The molecule has 1 aliphatic rings. The normalized spacial score (nSPS) is 16.1. The number of halogens is 1. The molecule has 0 atom stereocenters. The first-order valence-corrected chi connectivity index (χ1v) is 7.05. The van der Waals surface area contributed by atoms with Gasteiger partial charge in [0, 0.05) is 6.54 Å². The molecule has 0 heterocycles. The van der Waals surface area contributed by atoms with E-state index >= 15 is 0 Å². The lowest BCUT2D eigenvalue weighted by molar-refractivity contribution is 0.0347. The number of carbonyl (C=O) groups is 1. The molecule has 0 radical (unpaired) electrons. The maximum atomic E-state index is 13.6. The zero-order valence-electron chi connectivity index (χ0n) is 11.4. The van der Waals surface area contributed by atoms with Crippen LogP contribution < -0.4 is 5.32 Å². The van der Waals surface area contributed by atoms with Gasteiger partial charge in [-0.05, 0) is 31.0 Å². The molecule has 0 amide bonds. The molecular weight excluding hydrogens is 261 g/mol. The maximum absolute atomic E-state index is 13.6. The number of hydrogen-bond acceptors (Lipinski definition) is 3. The molecule has 110 valence electrons. The number of aromatic carboxylic acids is 1. The van der Waals surface area contributed by atoms with Gasteiger partial charge in [-0.25, -0.2) is 9.18 Å². The highest BCUT2D eigenvalue weighted by atomic mass is 19.1. The highest BCUT2D eigenvalue weighted by Crippen LogP contribution is 2.20. The van der Waals surface area contributed by atoms with Gasteiger partial charge >= 0.3 is 5.97 Å². The number of carboxylic acids is 1. The summed E-state index contributed by atoms with van der Waals surface area (Å²) in [6, 6.07) is 3.85. The molecule has 1 fully saturated rings. The van der Waals surface area contributed by atoms with Gasteiger partial charge in [0.25, 0.3) is 0 Å². The quantitative estimate of drug-likeness (QED) is 0.786. The first kappa shape index (κ1) is 14.8. The van der Waals surface area contributed by atoms with Gasteiger partial charge in [0.2, 0.25) is 0 Å². The third-order valence-electron chi connectivity index (χ3n) is 3.54. The Morgan fingerprint density at radius 1 is 1.35 bits per heavy atom. The molecule has 0 saturated heterocycles. The van der Waals surface area contributed by atoms with Crippen molar-refractivity contribution >= 4 is 11.7 Å². The summed E-state index contributed by atoms with van der Waals surface area (Å²) in [4.78, 5) is 10.7. The van der Waals surface area contributed by atoms with Crippen LogP contribution in [-0.2, 0) is 4.74 Å². The van der Waals surface area contributed by atoms with E-state index < -0.39 is 11.8 Å². The molecule has 0 bridgehead atoms. The summed E-state index contributed by atoms with van der Waals surface area (Å²) in [5, 5.41) is 11.7. The number of benzene rings is 1. The molecular formula is C15H20FNO3. The van der Waals surface area contributed by atoms with Gasteiger partial charge < -0.3 is 15.2 Å². The molecule has 0 aliphatic heterocycles. The van der Waals surface area contributed by atoms with E-state index in [-0.39, 0.29) is 5.56 Å². The SMILES string of the molecule is O=C(O)c1ccc(NCCOC2CCCCC2)c(F)c1. The van der Waals surface area contributed by atoms with Crippen LogP contribution in [0.3, 0.4) is 0 Å². The molecule has 0 spiro atoms. The van der Waals surface area contributed by atoms with E-state index in [4.69, 9.17) is 9.84 Å². The van der Waals surface area contributed by atoms with Crippen LogP contribution in [0.4, 0.5) is 10.1 Å². The summed E-state index contributed by atoms with van der Waals surface area (Å²) < 4.78 is 19.4. The minimum atomic E-state index is -1.13. The fraction of sp³-hybridized carbons (Fsp3) is 0.533. The Bertz CT molecular complexity index is 458. The zero-order valence-corrected chi connectivity index (χ0v) is 11.4. The van der Waals surface area contributed by atoms with Gasteiger partial charge in [0.05, 0.1) is 24.0 Å². The predicted octanol–water partition coefficient (Wildman–Crippen LogP) is 3.29. The highest BCUT2D eigenvalue weighted by molar-refractivity contribution is 5.88. The second-order valence-electron chi connectivity index (χ2n) is 5.06. The number of rotatable bonds is 6. The molecule has 4 nitrogen and oxygen atoms in total. The van der Waals surface area contributed by atoms with Crippen molar-refractivity contribution in [2.45, 2.75) is 38.2 Å². The summed E-state index contributed by atoms with van der Waals surface area (Å²) in [7, 11) is 0. The Hall–Kier alpha value is -1.62. The van der Waals surface area contributed by atoms with Crippen molar-refractivity contribution in [3.05, 3.63) is 29.6 Å². The van der Waals surface area contributed by atoms with Crippen LogP contribution in [0, 0.1) is 5.82 Å². The maximum Gasteiger partial charge on any atom is 0.335 e. The van der Waals surface area contributed by atoms with Crippen LogP contribution in [0.5, 0.6) is 0 Å². The predicted molar refractivity (Wildman–Crippen MR) is 74.7 cm³/mol. The largest absolute Gasteiger partial charge is 0.478 e. The summed E-state index contributed by atoms with van der Waals surface area (Å²) >= 11 is 0. The molecule has 5 heteroatoms. The summed E-state index contributed by atoms with van der Waals surface area (Å²) in [6.07, 6.45) is 6.31. The number of hydrogen-bond donors (Lipinski definition) is 2. The number of anilines is 1. The molecule has 1 aliphatic carbocycles. The van der Waals surface area contributed by atoms with Gasteiger partial charge in [-0.15, -0.1) is 0 Å². The summed E-state index contributed by atoms with van der Waals surface area (Å²) in [6.45, 7) is 1.05. The molecule has 2 rings (SSSR count). The lowest BCUT2D eigenvalue weighted by atomic mass is 9.98. The van der Waals surface area contributed by atoms with Crippen molar-refractivity contribution in [3.8, 4) is 0 Å². The van der Waals surface area contributed by atoms with E-state index in [0.29, 0.717) is 24.9 Å². The fourth-order valence-corrected chi connectivity index (χ4v) is 2.43. The van der Waals surface area contributed by atoms with Crippen molar-refractivity contribution in [3.63, 3.8) is 0 Å². The molecule has 0 aromatic heterocycles. The van der Waals surface area contributed by atoms with Gasteiger partial charge in [-0.3, -0.25) is 0 Å². The van der Waals surface area contributed by atoms with Crippen molar-refractivity contribution in [2.75, 3.05) is 18.5 Å². The lowest BCUT2D eigenvalue weighted by Gasteiger charge is -2.22. The van der Waals surface area contributed by atoms with E-state index in [0.717, 1.165) is 18.9 Å². The second-order valence-corrected chi connectivity index (χ2v) is 5.06. The Balaban J connectivity index is 1.74. The molecule has 20 heavy (non-hydrogen) atoms. The number of carboxylic acid groups (broad SMARTS) is 1. The minimum Gasteiger partial charge on any atom is -0.478 e. The molecule has 0 unspecified atom stereocenters. The van der Waals surface area contributed by atoms with Crippen molar-refractivity contribution < 1.29 is 19.0 Å². The zero-order chi connectivity index (χ0) is 14.4. The van der Waals surface area contributed by atoms with Crippen molar-refractivity contribution in [2.24, 2.45) is 0 Å². The van der Waals surface area contributed by atoms with Gasteiger partial charge in [0.15, 0.2) is 0 Å². The summed E-state index contributed by atoms with van der Waals surface area (Å²) in [5.41, 5.74) is 0.258. The average Bonchev–Trinajstić information content (AvgIpc) is 2.46. The second kappa shape index (κ2) is 7.24. The van der Waals surface area contributed by atoms with E-state index in [1.807, 2.05) is 0 Å². The van der Waals surface area contributed by atoms with Crippen molar-refractivity contribution in [1.29, 1.82) is 0 Å². The Morgan fingerprint density at radius 2 is 2.10 bits per heavy atom. The molecule has 1 aromatic carbocycles. The summed E-state index contributed by atoms with van der Waals surface area (Å²) in [5.74, 6) is -1.68. The van der Waals surface area contributed by atoms with Crippen LogP contribution in [0.25, 0.3) is 0 Å². The van der Waals surface area contributed by atoms with Gasteiger partial charge in [-0.1, -0.05) is 19.3 Å².